The standard InChI is InChI=1S/C16H13Br2NO/c17-11-6-7-14(18)13(8-11)16(20)19-15-9-12(15)10-4-2-1-3-5-10/h1-8,12,15H,9H2,(H,19,20). The summed E-state index contributed by atoms with van der Waals surface area (Å²) in [5.74, 6) is 0.424. The van der Waals surface area contributed by atoms with Crippen LogP contribution in [-0.4, -0.2) is 11.9 Å². The summed E-state index contributed by atoms with van der Waals surface area (Å²) in [4.78, 5) is 12.3. The van der Waals surface area contributed by atoms with E-state index in [1.165, 1.54) is 5.56 Å². The van der Waals surface area contributed by atoms with Crippen molar-refractivity contribution in [3.05, 3.63) is 68.6 Å². The minimum Gasteiger partial charge on any atom is -0.349 e. The molecular weight excluding hydrogens is 382 g/mol. The van der Waals surface area contributed by atoms with Gasteiger partial charge in [0, 0.05) is 20.9 Å². The first-order valence-electron chi connectivity index (χ1n) is 6.46. The van der Waals surface area contributed by atoms with Gasteiger partial charge in [-0.05, 0) is 46.1 Å². The monoisotopic (exact) mass is 393 g/mol. The van der Waals surface area contributed by atoms with Gasteiger partial charge in [0.25, 0.3) is 5.91 Å². The van der Waals surface area contributed by atoms with Crippen molar-refractivity contribution in [2.24, 2.45) is 0 Å². The molecule has 1 saturated carbocycles. The van der Waals surface area contributed by atoms with Gasteiger partial charge < -0.3 is 5.32 Å². The van der Waals surface area contributed by atoms with Crippen molar-refractivity contribution in [1.82, 2.24) is 5.32 Å². The van der Waals surface area contributed by atoms with Gasteiger partial charge in [0.1, 0.15) is 0 Å². The predicted octanol–water partition coefficient (Wildman–Crippen LogP) is 4.50. The Hall–Kier alpha value is -1.13. The molecule has 1 aliphatic rings. The Kier molecular flexibility index (Phi) is 3.94. The summed E-state index contributed by atoms with van der Waals surface area (Å²) >= 11 is 6.81. The molecular formula is C16H13Br2NO. The highest BCUT2D eigenvalue weighted by Crippen LogP contribution is 2.40. The molecule has 4 heteroatoms. The number of hydrogen-bond acceptors (Lipinski definition) is 1. The third-order valence-electron chi connectivity index (χ3n) is 3.51. The Balaban J connectivity index is 1.68. The lowest BCUT2D eigenvalue weighted by Crippen LogP contribution is -2.26. The molecule has 102 valence electrons. The lowest BCUT2D eigenvalue weighted by Gasteiger charge is -2.07. The highest BCUT2D eigenvalue weighted by atomic mass is 79.9. The third-order valence-corrected chi connectivity index (χ3v) is 4.69. The maximum Gasteiger partial charge on any atom is 0.252 e. The first-order valence-corrected chi connectivity index (χ1v) is 8.04. The summed E-state index contributed by atoms with van der Waals surface area (Å²) in [6, 6.07) is 16.2. The second-order valence-corrected chi connectivity index (χ2v) is 6.73. The van der Waals surface area contributed by atoms with Crippen molar-refractivity contribution in [2.45, 2.75) is 18.4 Å². The second-order valence-electron chi connectivity index (χ2n) is 4.96. The van der Waals surface area contributed by atoms with Crippen molar-refractivity contribution in [3.8, 4) is 0 Å². The number of halogens is 2. The van der Waals surface area contributed by atoms with E-state index in [2.05, 4.69) is 49.3 Å². The first kappa shape index (κ1) is 13.8. The molecule has 2 aromatic rings. The fourth-order valence-electron chi connectivity index (χ4n) is 2.34. The molecule has 0 radical (unpaired) electrons. The molecule has 2 atom stereocenters. The average Bonchev–Trinajstić information content (AvgIpc) is 3.21. The molecule has 0 spiro atoms. The zero-order valence-electron chi connectivity index (χ0n) is 10.6. The molecule has 0 aromatic heterocycles. The minimum absolute atomic E-state index is 0.0263. The predicted molar refractivity (Wildman–Crippen MR) is 86.9 cm³/mol. The Labute approximate surface area is 134 Å². The van der Waals surface area contributed by atoms with Gasteiger partial charge in [-0.3, -0.25) is 4.79 Å². The molecule has 0 saturated heterocycles. The Bertz CT molecular complexity index is 642. The Morgan fingerprint density at radius 1 is 1.10 bits per heavy atom. The second kappa shape index (κ2) is 5.70. The molecule has 2 nitrogen and oxygen atoms in total. The van der Waals surface area contributed by atoms with E-state index in [-0.39, 0.29) is 11.9 Å². The number of nitrogens with one attached hydrogen (secondary N) is 1. The van der Waals surface area contributed by atoms with E-state index in [0.29, 0.717) is 11.5 Å². The fourth-order valence-corrected chi connectivity index (χ4v) is 3.13. The lowest BCUT2D eigenvalue weighted by atomic mass is 10.1. The van der Waals surface area contributed by atoms with Gasteiger partial charge in [0.05, 0.1) is 5.56 Å². The van der Waals surface area contributed by atoms with E-state index >= 15 is 0 Å². The van der Waals surface area contributed by atoms with Gasteiger partial charge in [-0.25, -0.2) is 0 Å². The highest BCUT2D eigenvalue weighted by molar-refractivity contribution is 9.11. The van der Waals surface area contributed by atoms with Crippen LogP contribution in [0.15, 0.2) is 57.5 Å². The topological polar surface area (TPSA) is 29.1 Å². The number of hydrogen-bond donors (Lipinski definition) is 1. The van der Waals surface area contributed by atoms with Crippen LogP contribution in [0.25, 0.3) is 0 Å². The molecule has 2 unspecified atom stereocenters. The van der Waals surface area contributed by atoms with E-state index in [1.54, 1.807) is 0 Å². The summed E-state index contributed by atoms with van der Waals surface area (Å²) in [6.45, 7) is 0. The maximum absolute atomic E-state index is 12.3. The average molecular weight is 395 g/mol. The first-order chi connectivity index (χ1) is 9.65. The molecule has 0 aliphatic heterocycles. The van der Waals surface area contributed by atoms with E-state index < -0.39 is 0 Å². The van der Waals surface area contributed by atoms with Crippen LogP contribution in [0, 0.1) is 0 Å². The highest BCUT2D eigenvalue weighted by Gasteiger charge is 2.39. The zero-order chi connectivity index (χ0) is 14.1. The van der Waals surface area contributed by atoms with Crippen molar-refractivity contribution in [3.63, 3.8) is 0 Å². The molecule has 1 aliphatic carbocycles. The lowest BCUT2D eigenvalue weighted by molar-refractivity contribution is 0.0949. The van der Waals surface area contributed by atoms with Gasteiger partial charge >= 0.3 is 0 Å². The van der Waals surface area contributed by atoms with E-state index in [0.717, 1.165) is 15.4 Å². The molecule has 0 bridgehead atoms. The van der Waals surface area contributed by atoms with Crippen molar-refractivity contribution in [2.75, 3.05) is 0 Å². The van der Waals surface area contributed by atoms with Crippen LogP contribution >= 0.6 is 31.9 Å². The summed E-state index contributed by atoms with van der Waals surface area (Å²) in [5.41, 5.74) is 1.96. The largest absolute Gasteiger partial charge is 0.349 e. The van der Waals surface area contributed by atoms with Gasteiger partial charge in [0.2, 0.25) is 0 Å². The molecule has 1 amide bonds. The number of benzene rings is 2. The van der Waals surface area contributed by atoms with Gasteiger partial charge in [0.15, 0.2) is 0 Å². The molecule has 0 heterocycles. The summed E-state index contributed by atoms with van der Waals surface area (Å²) in [5, 5.41) is 3.10. The minimum atomic E-state index is -0.0263. The SMILES string of the molecule is O=C(NC1CC1c1ccccc1)c1cc(Br)ccc1Br. The maximum atomic E-state index is 12.3. The van der Waals surface area contributed by atoms with Gasteiger partial charge in [-0.1, -0.05) is 46.3 Å². The normalized spacial score (nSPS) is 20.5. The summed E-state index contributed by atoms with van der Waals surface area (Å²) < 4.78 is 1.72. The molecule has 20 heavy (non-hydrogen) atoms. The zero-order valence-corrected chi connectivity index (χ0v) is 13.8. The number of amides is 1. The van der Waals surface area contributed by atoms with Crippen LogP contribution in [0.4, 0.5) is 0 Å². The molecule has 1 fully saturated rings. The van der Waals surface area contributed by atoms with E-state index in [9.17, 15) is 4.79 Å². The quantitative estimate of drug-likeness (QED) is 0.815. The van der Waals surface area contributed by atoms with Crippen molar-refractivity contribution < 1.29 is 4.79 Å². The van der Waals surface area contributed by atoms with Crippen LogP contribution < -0.4 is 5.32 Å². The molecule has 2 aromatic carbocycles. The van der Waals surface area contributed by atoms with Crippen LogP contribution in [0.3, 0.4) is 0 Å². The van der Waals surface area contributed by atoms with Crippen LogP contribution in [0.1, 0.15) is 28.3 Å². The smallest absolute Gasteiger partial charge is 0.252 e. The van der Waals surface area contributed by atoms with Gasteiger partial charge in [-0.15, -0.1) is 0 Å². The summed E-state index contributed by atoms with van der Waals surface area (Å²) in [7, 11) is 0. The van der Waals surface area contributed by atoms with Crippen LogP contribution in [0.5, 0.6) is 0 Å². The Morgan fingerprint density at radius 3 is 2.60 bits per heavy atom. The fraction of sp³-hybridized carbons (Fsp3) is 0.188. The van der Waals surface area contributed by atoms with E-state index in [4.69, 9.17) is 0 Å². The molecule has 3 rings (SSSR count). The number of carbonyl (C=O) groups is 1. The third kappa shape index (κ3) is 2.96. The summed E-state index contributed by atoms with van der Waals surface area (Å²) in [6.07, 6.45) is 1.02. The number of rotatable bonds is 3. The number of carbonyl (C=O) groups excluding carboxylic acids is 1. The van der Waals surface area contributed by atoms with Crippen molar-refractivity contribution >= 4 is 37.8 Å². The Morgan fingerprint density at radius 2 is 1.85 bits per heavy atom. The molecule has 1 N–H and O–H groups in total. The van der Waals surface area contributed by atoms with Crippen molar-refractivity contribution in [1.29, 1.82) is 0 Å². The van der Waals surface area contributed by atoms with E-state index in [1.807, 2.05) is 36.4 Å². The van der Waals surface area contributed by atoms with Crippen LogP contribution in [0.2, 0.25) is 0 Å². The van der Waals surface area contributed by atoms with Crippen LogP contribution in [-0.2, 0) is 0 Å². The van der Waals surface area contributed by atoms with Gasteiger partial charge in [-0.2, -0.15) is 0 Å².